The third kappa shape index (κ3) is 4.62. The van der Waals surface area contributed by atoms with Crippen LogP contribution < -0.4 is 0 Å². The molecule has 0 atom stereocenters. The molecule has 0 amide bonds. The van der Waals surface area contributed by atoms with Gasteiger partial charge in [0.25, 0.3) is 0 Å². The highest BCUT2D eigenvalue weighted by molar-refractivity contribution is 7.25. The van der Waals surface area contributed by atoms with Crippen molar-refractivity contribution in [3.8, 4) is 45.0 Å². The number of thiophene rings is 1. The topological polar surface area (TPSA) is 25.8 Å². The molecule has 3 heteroatoms. The number of hydrogen-bond acceptors (Lipinski definition) is 3. The lowest BCUT2D eigenvalue weighted by atomic mass is 9.89. The highest BCUT2D eigenvalue weighted by Crippen LogP contribution is 2.43. The molecule has 2 aromatic heterocycles. The van der Waals surface area contributed by atoms with Crippen LogP contribution in [0.4, 0.5) is 0 Å². The molecule has 0 aliphatic rings. The third-order valence-electron chi connectivity index (χ3n) is 9.67. The normalized spacial score (nSPS) is 11.7. The summed E-state index contributed by atoms with van der Waals surface area (Å²) >= 11 is 1.86. The fraction of sp³-hybridized carbons (Fsp3) is 0. The number of benzene rings is 8. The summed E-state index contributed by atoms with van der Waals surface area (Å²) in [6, 6.07) is 60.9. The van der Waals surface area contributed by atoms with Crippen molar-refractivity contribution in [2.45, 2.75) is 0 Å². The molecule has 0 spiro atoms. The van der Waals surface area contributed by atoms with Crippen molar-refractivity contribution in [1.82, 2.24) is 9.97 Å². The van der Waals surface area contributed by atoms with Crippen LogP contribution in [0.5, 0.6) is 0 Å². The predicted molar refractivity (Wildman–Crippen MR) is 209 cm³/mol. The molecule has 10 aromatic rings. The molecule has 10 rings (SSSR count). The first-order chi connectivity index (χ1) is 24.3. The van der Waals surface area contributed by atoms with E-state index >= 15 is 0 Å². The molecule has 0 saturated carbocycles. The van der Waals surface area contributed by atoms with Gasteiger partial charge in [-0.15, -0.1) is 11.3 Å². The van der Waals surface area contributed by atoms with Gasteiger partial charge in [0.2, 0.25) is 0 Å². The van der Waals surface area contributed by atoms with Crippen LogP contribution in [0.3, 0.4) is 0 Å². The number of aromatic nitrogens is 2. The van der Waals surface area contributed by atoms with E-state index in [1.807, 2.05) is 35.6 Å². The van der Waals surface area contributed by atoms with Crippen molar-refractivity contribution < 1.29 is 0 Å². The van der Waals surface area contributed by atoms with Crippen LogP contribution in [0.15, 0.2) is 170 Å². The molecule has 0 radical (unpaired) electrons. The molecule has 2 heterocycles. The minimum Gasteiger partial charge on any atom is -0.228 e. The molecule has 0 bridgehead atoms. The monoisotopic (exact) mass is 640 g/mol. The number of fused-ring (bicyclic) bond motifs is 9. The van der Waals surface area contributed by atoms with Crippen molar-refractivity contribution in [2.75, 3.05) is 0 Å². The maximum atomic E-state index is 5.24. The molecule has 0 aliphatic carbocycles. The summed E-state index contributed by atoms with van der Waals surface area (Å²) in [5, 5.41) is 10.0. The van der Waals surface area contributed by atoms with E-state index in [2.05, 4.69) is 146 Å². The van der Waals surface area contributed by atoms with E-state index in [1.54, 1.807) is 0 Å². The Bertz CT molecular complexity index is 2810. The summed E-state index contributed by atoms with van der Waals surface area (Å²) in [5.41, 5.74) is 7.43. The van der Waals surface area contributed by atoms with Crippen molar-refractivity contribution in [3.63, 3.8) is 0 Å². The fourth-order valence-corrected chi connectivity index (χ4v) is 8.45. The van der Waals surface area contributed by atoms with Crippen LogP contribution in [0, 0.1) is 0 Å². The summed E-state index contributed by atoms with van der Waals surface area (Å²) < 4.78 is 2.65. The van der Waals surface area contributed by atoms with Gasteiger partial charge >= 0.3 is 0 Å². The van der Waals surface area contributed by atoms with E-state index in [4.69, 9.17) is 9.97 Å². The van der Waals surface area contributed by atoms with Crippen molar-refractivity contribution in [1.29, 1.82) is 0 Å². The van der Waals surface area contributed by atoms with Crippen molar-refractivity contribution in [3.05, 3.63) is 170 Å². The van der Waals surface area contributed by atoms with Gasteiger partial charge in [0.1, 0.15) is 0 Å². The predicted octanol–water partition coefficient (Wildman–Crippen LogP) is 13.0. The quantitative estimate of drug-likeness (QED) is 0.179. The Balaban J connectivity index is 1.24. The molecule has 228 valence electrons. The maximum Gasteiger partial charge on any atom is 0.160 e. The van der Waals surface area contributed by atoms with Crippen LogP contribution in [0.1, 0.15) is 0 Å². The van der Waals surface area contributed by atoms with Crippen LogP contribution in [0.25, 0.3) is 97.5 Å². The van der Waals surface area contributed by atoms with Gasteiger partial charge in [-0.25, -0.2) is 9.97 Å². The smallest absolute Gasteiger partial charge is 0.160 e. The van der Waals surface area contributed by atoms with Gasteiger partial charge in [-0.1, -0.05) is 140 Å². The average Bonchev–Trinajstić information content (AvgIpc) is 3.56. The lowest BCUT2D eigenvalue weighted by Crippen LogP contribution is -1.96. The first-order valence-electron chi connectivity index (χ1n) is 16.6. The van der Waals surface area contributed by atoms with Gasteiger partial charge < -0.3 is 0 Å². The van der Waals surface area contributed by atoms with Gasteiger partial charge in [0.15, 0.2) is 5.82 Å². The lowest BCUT2D eigenvalue weighted by Gasteiger charge is -2.16. The first-order valence-corrected chi connectivity index (χ1v) is 17.4. The average molecular weight is 641 g/mol. The standard InChI is InChI=1S/C46H28N2S/c1-3-12-29(13-4-1)41-28-42(48-46(47-41)30-14-5-2-6-15-30)38-20-11-19-36-33-16-7-8-17-34(33)39-26-31(22-24-37(39)45(36)38)32-23-25-44-40(27-32)35-18-9-10-21-43(35)49-44/h1-28H. The van der Waals surface area contributed by atoms with E-state index in [9.17, 15) is 0 Å². The highest BCUT2D eigenvalue weighted by atomic mass is 32.1. The summed E-state index contributed by atoms with van der Waals surface area (Å²) in [6.07, 6.45) is 0. The molecule has 0 fully saturated rings. The zero-order valence-electron chi connectivity index (χ0n) is 26.5. The minimum atomic E-state index is 0.720. The largest absolute Gasteiger partial charge is 0.228 e. The zero-order chi connectivity index (χ0) is 32.3. The Kier molecular flexibility index (Phi) is 6.39. The molecule has 2 nitrogen and oxygen atoms in total. The summed E-state index contributed by atoms with van der Waals surface area (Å²) in [4.78, 5) is 10.3. The molecular formula is C46H28N2S. The number of rotatable bonds is 4. The van der Waals surface area contributed by atoms with E-state index in [0.717, 1.165) is 33.9 Å². The first kappa shape index (κ1) is 27.9. The Hall–Kier alpha value is -6.16. The SMILES string of the molecule is c1ccc(-c2cc(-c3cccc4c5ccccc5c5cc(-c6ccc7sc8ccccc8c7c6)ccc5c34)nc(-c3ccccc3)n2)cc1. The second-order valence-electron chi connectivity index (χ2n) is 12.5. The van der Waals surface area contributed by atoms with Gasteiger partial charge in [-0.2, -0.15) is 0 Å². The summed E-state index contributed by atoms with van der Waals surface area (Å²) in [7, 11) is 0. The van der Waals surface area contributed by atoms with Crippen LogP contribution >= 0.6 is 11.3 Å². The van der Waals surface area contributed by atoms with Crippen LogP contribution in [-0.2, 0) is 0 Å². The molecule has 8 aromatic carbocycles. The second kappa shape index (κ2) is 11.2. The van der Waals surface area contributed by atoms with Gasteiger partial charge in [0.05, 0.1) is 11.4 Å². The van der Waals surface area contributed by atoms with Crippen LogP contribution in [0.2, 0.25) is 0 Å². The molecule has 0 N–H and O–H groups in total. The van der Waals surface area contributed by atoms with E-state index in [-0.39, 0.29) is 0 Å². The minimum absolute atomic E-state index is 0.720. The summed E-state index contributed by atoms with van der Waals surface area (Å²) in [5.74, 6) is 0.720. The number of nitrogens with zero attached hydrogens (tertiary/aromatic N) is 2. The van der Waals surface area contributed by atoms with E-state index in [0.29, 0.717) is 0 Å². The van der Waals surface area contributed by atoms with E-state index < -0.39 is 0 Å². The lowest BCUT2D eigenvalue weighted by molar-refractivity contribution is 1.19. The highest BCUT2D eigenvalue weighted by Gasteiger charge is 2.17. The molecule has 0 aliphatic heterocycles. The van der Waals surface area contributed by atoms with Gasteiger partial charge in [-0.05, 0) is 73.8 Å². The summed E-state index contributed by atoms with van der Waals surface area (Å²) in [6.45, 7) is 0. The zero-order valence-corrected chi connectivity index (χ0v) is 27.3. The Morgan fingerprint density at radius 1 is 0.327 bits per heavy atom. The molecule has 49 heavy (non-hydrogen) atoms. The molecule has 0 unspecified atom stereocenters. The van der Waals surface area contributed by atoms with Crippen LogP contribution in [-0.4, -0.2) is 9.97 Å². The maximum absolute atomic E-state index is 5.24. The Labute approximate surface area is 287 Å². The van der Waals surface area contributed by atoms with E-state index in [1.165, 1.54) is 63.6 Å². The van der Waals surface area contributed by atoms with Crippen molar-refractivity contribution in [2.24, 2.45) is 0 Å². The molecule has 0 saturated heterocycles. The van der Waals surface area contributed by atoms with Gasteiger partial charge in [-0.3, -0.25) is 0 Å². The van der Waals surface area contributed by atoms with Crippen molar-refractivity contribution >= 4 is 63.8 Å². The fourth-order valence-electron chi connectivity index (χ4n) is 7.36. The van der Waals surface area contributed by atoms with Gasteiger partial charge in [0, 0.05) is 36.9 Å². The second-order valence-corrected chi connectivity index (χ2v) is 13.6. The molecular weight excluding hydrogens is 613 g/mol. The third-order valence-corrected chi connectivity index (χ3v) is 10.8. The number of hydrogen-bond donors (Lipinski definition) is 0. The Morgan fingerprint density at radius 3 is 1.69 bits per heavy atom. The Morgan fingerprint density at radius 2 is 0.898 bits per heavy atom.